The third-order valence-electron chi connectivity index (χ3n) is 3.68. The van der Waals surface area contributed by atoms with E-state index in [0.717, 1.165) is 6.26 Å². The normalized spacial score (nSPS) is 22.2. The van der Waals surface area contributed by atoms with Crippen LogP contribution in [-0.2, 0) is 9.84 Å². The van der Waals surface area contributed by atoms with Crippen molar-refractivity contribution in [2.45, 2.75) is 17.9 Å². The quantitative estimate of drug-likeness (QED) is 0.710. The predicted octanol–water partition coefficient (Wildman–Crippen LogP) is -0.291. The van der Waals surface area contributed by atoms with E-state index in [9.17, 15) is 18.3 Å². The van der Waals surface area contributed by atoms with Crippen LogP contribution in [0.15, 0.2) is 23.1 Å². The number of sulfone groups is 1. The van der Waals surface area contributed by atoms with E-state index < -0.39 is 15.9 Å². The molecule has 3 N–H and O–H groups in total. The molecule has 1 fully saturated rings. The zero-order valence-electron chi connectivity index (χ0n) is 12.1. The number of aryl methyl sites for hydroxylation is 1. The molecule has 1 aromatic carbocycles. The second kappa shape index (κ2) is 6.13. The molecule has 116 valence electrons. The van der Waals surface area contributed by atoms with Crippen molar-refractivity contribution in [2.24, 2.45) is 5.92 Å². The summed E-state index contributed by atoms with van der Waals surface area (Å²) in [6.45, 7) is 3.24. The summed E-state index contributed by atoms with van der Waals surface area (Å²) in [5, 5.41) is 15.4. The Kier molecular flexibility index (Phi) is 4.65. The summed E-state index contributed by atoms with van der Waals surface area (Å²) in [5.74, 6) is -0.354. The average molecular weight is 312 g/mol. The van der Waals surface area contributed by atoms with Crippen molar-refractivity contribution in [3.63, 3.8) is 0 Å². The number of hydrogen-bond donors (Lipinski definition) is 3. The van der Waals surface area contributed by atoms with Gasteiger partial charge < -0.3 is 15.7 Å². The van der Waals surface area contributed by atoms with Crippen LogP contribution < -0.4 is 10.6 Å². The number of amides is 1. The van der Waals surface area contributed by atoms with E-state index in [1.54, 1.807) is 19.1 Å². The van der Waals surface area contributed by atoms with Crippen LogP contribution >= 0.6 is 0 Å². The molecule has 1 amide bonds. The molecule has 0 bridgehead atoms. The minimum Gasteiger partial charge on any atom is -0.391 e. The molecule has 1 saturated heterocycles. The first-order chi connectivity index (χ1) is 9.79. The molecule has 2 atom stereocenters. The molecule has 0 spiro atoms. The molecular formula is C14H20N2O4S. The van der Waals surface area contributed by atoms with Gasteiger partial charge in [0.1, 0.15) is 0 Å². The molecule has 0 saturated carbocycles. The van der Waals surface area contributed by atoms with Crippen molar-refractivity contribution >= 4 is 15.7 Å². The largest absolute Gasteiger partial charge is 0.391 e. The number of aliphatic hydroxyl groups excluding tert-OH is 1. The lowest BCUT2D eigenvalue weighted by Crippen LogP contribution is -2.34. The zero-order chi connectivity index (χ0) is 15.6. The predicted molar refractivity (Wildman–Crippen MR) is 79.0 cm³/mol. The summed E-state index contributed by atoms with van der Waals surface area (Å²) >= 11 is 0. The van der Waals surface area contributed by atoms with E-state index in [1.165, 1.54) is 6.07 Å². The standard InChI is InChI=1S/C14H20N2O4S/c1-9-3-4-10(5-13(9)21(2,19)20)14(18)16-7-11-6-15-8-12(11)17/h3-5,11-12,15,17H,6-8H2,1-2H3,(H,16,18). The Bertz CT molecular complexity index is 642. The monoisotopic (exact) mass is 312 g/mol. The van der Waals surface area contributed by atoms with Crippen LogP contribution in [0.5, 0.6) is 0 Å². The summed E-state index contributed by atoms with van der Waals surface area (Å²) in [6, 6.07) is 4.61. The zero-order valence-corrected chi connectivity index (χ0v) is 12.9. The number of carbonyl (C=O) groups excluding carboxylic acids is 1. The topological polar surface area (TPSA) is 95.5 Å². The number of nitrogens with one attached hydrogen (secondary N) is 2. The van der Waals surface area contributed by atoms with E-state index in [1.807, 2.05) is 0 Å². The van der Waals surface area contributed by atoms with Gasteiger partial charge in [0.25, 0.3) is 5.91 Å². The van der Waals surface area contributed by atoms with Crippen molar-refractivity contribution in [1.29, 1.82) is 0 Å². The molecule has 1 aliphatic rings. The van der Waals surface area contributed by atoms with Crippen molar-refractivity contribution < 1.29 is 18.3 Å². The van der Waals surface area contributed by atoms with Crippen molar-refractivity contribution in [3.8, 4) is 0 Å². The van der Waals surface area contributed by atoms with Gasteiger partial charge in [-0.25, -0.2) is 8.42 Å². The van der Waals surface area contributed by atoms with E-state index in [0.29, 0.717) is 30.8 Å². The van der Waals surface area contributed by atoms with Crippen molar-refractivity contribution in [2.75, 3.05) is 25.9 Å². The van der Waals surface area contributed by atoms with E-state index >= 15 is 0 Å². The first kappa shape index (κ1) is 15.9. The molecular weight excluding hydrogens is 292 g/mol. The summed E-state index contributed by atoms with van der Waals surface area (Å²) in [6.07, 6.45) is 0.660. The lowest BCUT2D eigenvalue weighted by atomic mass is 10.1. The number of benzene rings is 1. The van der Waals surface area contributed by atoms with Crippen LogP contribution in [-0.4, -0.2) is 51.4 Å². The summed E-state index contributed by atoms with van der Waals surface area (Å²) < 4.78 is 23.3. The molecule has 0 aromatic heterocycles. The van der Waals surface area contributed by atoms with Crippen molar-refractivity contribution in [1.82, 2.24) is 10.6 Å². The Balaban J connectivity index is 2.09. The van der Waals surface area contributed by atoms with Crippen LogP contribution in [0.25, 0.3) is 0 Å². The third-order valence-corrected chi connectivity index (χ3v) is 4.92. The molecule has 0 aliphatic carbocycles. The molecule has 1 aromatic rings. The lowest BCUT2D eigenvalue weighted by Gasteiger charge is -2.14. The smallest absolute Gasteiger partial charge is 0.251 e. The van der Waals surface area contributed by atoms with Gasteiger partial charge in [-0.2, -0.15) is 0 Å². The van der Waals surface area contributed by atoms with E-state index in [2.05, 4.69) is 10.6 Å². The molecule has 1 aliphatic heterocycles. The number of aliphatic hydroxyl groups is 1. The van der Waals surface area contributed by atoms with Gasteiger partial charge in [0.2, 0.25) is 0 Å². The molecule has 0 radical (unpaired) electrons. The van der Waals surface area contributed by atoms with Gasteiger partial charge in [0, 0.05) is 37.4 Å². The van der Waals surface area contributed by atoms with Crippen LogP contribution in [0, 0.1) is 12.8 Å². The minimum absolute atomic E-state index is 0.0197. The second-order valence-electron chi connectivity index (χ2n) is 5.45. The second-order valence-corrected chi connectivity index (χ2v) is 7.43. The summed E-state index contributed by atoms with van der Waals surface area (Å²) in [5.41, 5.74) is 0.922. The first-order valence-electron chi connectivity index (χ1n) is 6.76. The van der Waals surface area contributed by atoms with Crippen LogP contribution in [0.3, 0.4) is 0 Å². The number of rotatable bonds is 4. The highest BCUT2D eigenvalue weighted by Gasteiger charge is 2.25. The maximum Gasteiger partial charge on any atom is 0.251 e. The molecule has 7 heteroatoms. The van der Waals surface area contributed by atoms with E-state index in [-0.39, 0.29) is 16.7 Å². The third kappa shape index (κ3) is 3.81. The summed E-state index contributed by atoms with van der Waals surface area (Å²) in [7, 11) is -3.36. The van der Waals surface area contributed by atoms with Gasteiger partial charge in [-0.1, -0.05) is 6.07 Å². The van der Waals surface area contributed by atoms with Crippen LogP contribution in [0.4, 0.5) is 0 Å². The lowest BCUT2D eigenvalue weighted by molar-refractivity contribution is 0.0927. The fourth-order valence-electron chi connectivity index (χ4n) is 2.39. The molecule has 6 nitrogen and oxygen atoms in total. The minimum atomic E-state index is -3.36. The SMILES string of the molecule is Cc1ccc(C(=O)NCC2CNCC2O)cc1S(C)(=O)=O. The van der Waals surface area contributed by atoms with Gasteiger partial charge in [0.15, 0.2) is 9.84 Å². The number of carbonyl (C=O) groups is 1. The first-order valence-corrected chi connectivity index (χ1v) is 8.66. The highest BCUT2D eigenvalue weighted by atomic mass is 32.2. The highest BCUT2D eigenvalue weighted by molar-refractivity contribution is 7.90. The fourth-order valence-corrected chi connectivity index (χ4v) is 3.39. The Morgan fingerprint density at radius 1 is 1.43 bits per heavy atom. The Labute approximate surface area is 124 Å². The maximum atomic E-state index is 12.1. The van der Waals surface area contributed by atoms with Gasteiger partial charge in [-0.05, 0) is 24.6 Å². The molecule has 2 unspecified atom stereocenters. The Hall–Kier alpha value is -1.44. The summed E-state index contributed by atoms with van der Waals surface area (Å²) in [4.78, 5) is 12.3. The van der Waals surface area contributed by atoms with Gasteiger partial charge in [-0.3, -0.25) is 4.79 Å². The van der Waals surface area contributed by atoms with Gasteiger partial charge in [0.05, 0.1) is 11.0 Å². The maximum absolute atomic E-state index is 12.1. The highest BCUT2D eigenvalue weighted by Crippen LogP contribution is 2.17. The molecule has 21 heavy (non-hydrogen) atoms. The molecule has 2 rings (SSSR count). The van der Waals surface area contributed by atoms with Gasteiger partial charge >= 0.3 is 0 Å². The number of β-amino-alcohol motifs (C(OH)–C–C–N with tert-alkyl or cyclic N) is 1. The van der Waals surface area contributed by atoms with Crippen LogP contribution in [0.1, 0.15) is 15.9 Å². The average Bonchev–Trinajstić information content (AvgIpc) is 2.80. The fraction of sp³-hybridized carbons (Fsp3) is 0.500. The van der Waals surface area contributed by atoms with Crippen molar-refractivity contribution in [3.05, 3.63) is 29.3 Å². The Morgan fingerprint density at radius 3 is 2.71 bits per heavy atom. The number of hydrogen-bond acceptors (Lipinski definition) is 5. The van der Waals surface area contributed by atoms with Crippen LogP contribution in [0.2, 0.25) is 0 Å². The van der Waals surface area contributed by atoms with Gasteiger partial charge in [-0.15, -0.1) is 0 Å². The Morgan fingerprint density at radius 2 is 2.14 bits per heavy atom. The molecule has 1 heterocycles. The van der Waals surface area contributed by atoms with E-state index in [4.69, 9.17) is 0 Å².